The van der Waals surface area contributed by atoms with Crippen molar-refractivity contribution in [3.8, 4) is 50.2 Å². The zero-order valence-corrected chi connectivity index (χ0v) is 49.6. The minimum atomic E-state index is -0.278. The first-order valence-electron chi connectivity index (χ1n) is 29.3. The van der Waals surface area contributed by atoms with Crippen LogP contribution in [0.3, 0.4) is 0 Å². The average Bonchev–Trinajstić information content (AvgIpc) is 3.62. The lowest BCUT2D eigenvalue weighted by Crippen LogP contribution is -2.61. The van der Waals surface area contributed by atoms with Crippen molar-refractivity contribution in [3.63, 3.8) is 0 Å². The molecule has 11 aromatic carbocycles. The van der Waals surface area contributed by atoms with Gasteiger partial charge in [-0.2, -0.15) is 0 Å². The predicted molar refractivity (Wildman–Crippen MR) is 358 cm³/mol. The zero-order chi connectivity index (χ0) is 57.1. The Morgan fingerprint density at radius 2 is 0.663 bits per heavy atom. The third kappa shape index (κ3) is 8.81. The van der Waals surface area contributed by atoms with Gasteiger partial charge in [0, 0.05) is 66.5 Å². The molecule has 0 unspecified atom stereocenters. The van der Waals surface area contributed by atoms with Crippen molar-refractivity contribution in [2.75, 3.05) is 9.80 Å². The van der Waals surface area contributed by atoms with E-state index in [0.717, 1.165) is 73.2 Å². The van der Waals surface area contributed by atoms with Crippen molar-refractivity contribution in [3.05, 3.63) is 264 Å². The molecule has 0 saturated heterocycles. The van der Waals surface area contributed by atoms with Gasteiger partial charge in [-0.15, -0.1) is 0 Å². The Morgan fingerprint density at radius 1 is 0.325 bits per heavy atom. The fraction of sp³-hybridized carbons (Fsp3) is 0.154. The Bertz CT molecular complexity index is 4330. The van der Waals surface area contributed by atoms with E-state index in [1.165, 1.54) is 66.0 Å². The first-order chi connectivity index (χ1) is 40.0. The second kappa shape index (κ2) is 19.7. The van der Waals surface area contributed by atoms with Crippen LogP contribution in [0.15, 0.2) is 243 Å². The van der Waals surface area contributed by atoms with Gasteiger partial charge in [-0.05, 0) is 144 Å². The molecule has 404 valence electrons. The summed E-state index contributed by atoms with van der Waals surface area (Å²) in [6.45, 7) is 20.9. The third-order valence-electron chi connectivity index (χ3n) is 17.5. The third-order valence-corrected chi connectivity index (χ3v) is 17.7. The number of para-hydroxylation sites is 2. The Morgan fingerprint density at radius 3 is 1.05 bits per heavy atom. The number of nitrogens with zero attached hydrogens (tertiary/aromatic N) is 3. The Hall–Kier alpha value is -8.83. The number of aromatic nitrogens is 1. The van der Waals surface area contributed by atoms with Gasteiger partial charge in [0.05, 0.1) is 22.4 Å². The normalized spacial score (nSPS) is 13.1. The lowest BCUT2D eigenvalue weighted by molar-refractivity contribution is 0.590. The van der Waals surface area contributed by atoms with E-state index < -0.39 is 0 Å². The predicted octanol–water partition coefficient (Wildman–Crippen LogP) is 20.1. The fourth-order valence-corrected chi connectivity index (χ4v) is 13.3. The molecule has 0 amide bonds. The summed E-state index contributed by atoms with van der Waals surface area (Å²) in [6, 6.07) is 90.9. The zero-order valence-electron chi connectivity index (χ0n) is 48.9. The van der Waals surface area contributed by atoms with E-state index in [2.05, 4.69) is 319 Å². The molecule has 5 heteroatoms. The van der Waals surface area contributed by atoms with E-state index in [0.29, 0.717) is 5.02 Å². The first-order valence-corrected chi connectivity index (χ1v) is 29.7. The highest BCUT2D eigenvalue weighted by atomic mass is 35.5. The SMILES string of the molecule is CC(C)(C)c1cc(-c2ccccc2)c(N2c3cc(Cl)ccc3B3c4ccc(-n5c6ccccc6c6ccccc65)cc4N(c4c(-c5ccccc5)cc(C(C)(C)C)cc4-c4ccccc4)c4cc(C(C)(C)C)cc2c43)c(-c2ccccc2)c1. The average molecular weight is 1090 g/mol. The lowest BCUT2D eigenvalue weighted by Gasteiger charge is -2.46. The van der Waals surface area contributed by atoms with Gasteiger partial charge in [-0.25, -0.2) is 0 Å². The van der Waals surface area contributed by atoms with Gasteiger partial charge < -0.3 is 14.4 Å². The van der Waals surface area contributed by atoms with Gasteiger partial charge in [0.1, 0.15) is 0 Å². The largest absolute Gasteiger partial charge is 0.310 e. The molecule has 2 aliphatic rings. The number of halogens is 1. The topological polar surface area (TPSA) is 11.4 Å². The molecule has 0 N–H and O–H groups in total. The molecule has 0 radical (unpaired) electrons. The molecule has 3 heterocycles. The van der Waals surface area contributed by atoms with Crippen LogP contribution in [0.1, 0.15) is 79.0 Å². The minimum Gasteiger partial charge on any atom is -0.310 e. The molecule has 0 saturated carbocycles. The Labute approximate surface area is 495 Å². The quantitative estimate of drug-likeness (QED) is 0.147. The molecular weight excluding hydrogens is 1030 g/mol. The smallest absolute Gasteiger partial charge is 0.252 e. The summed E-state index contributed by atoms with van der Waals surface area (Å²) in [5, 5.41) is 3.16. The molecule has 12 aromatic rings. The highest BCUT2D eigenvalue weighted by molar-refractivity contribution is 7.00. The number of benzene rings is 11. The van der Waals surface area contributed by atoms with Gasteiger partial charge >= 0.3 is 0 Å². The molecule has 14 rings (SSSR count). The molecule has 3 nitrogen and oxygen atoms in total. The minimum absolute atomic E-state index is 0.150. The summed E-state index contributed by atoms with van der Waals surface area (Å²) in [6.07, 6.45) is 0. The number of anilines is 6. The molecule has 0 aliphatic carbocycles. The molecule has 83 heavy (non-hydrogen) atoms. The van der Waals surface area contributed by atoms with E-state index >= 15 is 0 Å². The van der Waals surface area contributed by atoms with Crippen LogP contribution in [0.5, 0.6) is 0 Å². The standard InChI is InChI=1S/C78H67BClN3/c1-76(2,3)54-42-61(50-26-14-10-15-27-50)74(62(43-54)51-28-16-11-17-29-51)82-69-48-57(80)38-40-65(69)79-66-41-39-58(81-67-36-24-22-34-59(67)60-35-23-25-37-68(60)81)49-70(66)83(72-47-56(78(7,8)9)46-71(82)73(72)79)75-63(52-30-18-12-19-31-52)44-55(77(4,5)6)45-64(75)53-32-20-13-21-33-53/h10-49H,1-9H3. The van der Waals surface area contributed by atoms with Gasteiger partial charge in [-0.3, -0.25) is 0 Å². The van der Waals surface area contributed by atoms with Crippen molar-refractivity contribution in [2.24, 2.45) is 0 Å². The maximum Gasteiger partial charge on any atom is 0.252 e. The summed E-state index contributed by atoms with van der Waals surface area (Å²) in [5.74, 6) is 0. The van der Waals surface area contributed by atoms with Crippen LogP contribution in [-0.2, 0) is 16.2 Å². The molecule has 2 aliphatic heterocycles. The molecule has 0 fully saturated rings. The summed E-state index contributed by atoms with van der Waals surface area (Å²) in [4.78, 5) is 5.30. The van der Waals surface area contributed by atoms with Crippen LogP contribution < -0.4 is 26.2 Å². The van der Waals surface area contributed by atoms with Crippen molar-refractivity contribution < 1.29 is 0 Å². The van der Waals surface area contributed by atoms with Gasteiger partial charge in [0.15, 0.2) is 0 Å². The van der Waals surface area contributed by atoms with Gasteiger partial charge in [-0.1, -0.05) is 244 Å². The van der Waals surface area contributed by atoms with E-state index in [9.17, 15) is 0 Å². The van der Waals surface area contributed by atoms with Crippen LogP contribution in [0.2, 0.25) is 5.02 Å². The Kier molecular flexibility index (Phi) is 12.4. The van der Waals surface area contributed by atoms with E-state index in [4.69, 9.17) is 11.6 Å². The summed E-state index contributed by atoms with van der Waals surface area (Å²) in [7, 11) is 0. The van der Waals surface area contributed by atoms with E-state index in [1.807, 2.05) is 0 Å². The van der Waals surface area contributed by atoms with E-state index in [-0.39, 0.29) is 23.0 Å². The monoisotopic (exact) mass is 1090 g/mol. The molecule has 0 bridgehead atoms. The van der Waals surface area contributed by atoms with Gasteiger partial charge in [0.25, 0.3) is 6.71 Å². The lowest BCUT2D eigenvalue weighted by atomic mass is 9.33. The van der Waals surface area contributed by atoms with Crippen LogP contribution in [-0.4, -0.2) is 11.3 Å². The summed E-state index contributed by atoms with van der Waals surface area (Å²) < 4.78 is 2.47. The van der Waals surface area contributed by atoms with Crippen molar-refractivity contribution in [2.45, 2.75) is 78.6 Å². The number of fused-ring (bicyclic) bond motifs is 7. The van der Waals surface area contributed by atoms with Crippen molar-refractivity contribution in [1.82, 2.24) is 4.57 Å². The molecule has 1 aromatic heterocycles. The van der Waals surface area contributed by atoms with E-state index in [1.54, 1.807) is 0 Å². The highest BCUT2D eigenvalue weighted by Gasteiger charge is 2.46. The van der Waals surface area contributed by atoms with Crippen LogP contribution in [0.4, 0.5) is 34.1 Å². The van der Waals surface area contributed by atoms with Crippen molar-refractivity contribution >= 4 is 90.6 Å². The van der Waals surface area contributed by atoms with Crippen LogP contribution in [0.25, 0.3) is 72.0 Å². The molecule has 0 atom stereocenters. The molecule has 0 spiro atoms. The van der Waals surface area contributed by atoms with Crippen molar-refractivity contribution in [1.29, 1.82) is 0 Å². The molecular formula is C78H67BClN3. The number of hydrogen-bond acceptors (Lipinski definition) is 2. The summed E-state index contributed by atoms with van der Waals surface area (Å²) in [5.41, 5.74) is 26.4. The van der Waals surface area contributed by atoms with Crippen LogP contribution >= 0.6 is 11.6 Å². The Balaban J connectivity index is 1.18. The first kappa shape index (κ1) is 52.3. The number of rotatable bonds is 7. The maximum absolute atomic E-state index is 7.43. The second-order valence-corrected chi connectivity index (χ2v) is 26.3. The fourth-order valence-electron chi connectivity index (χ4n) is 13.2. The highest BCUT2D eigenvalue weighted by Crippen LogP contribution is 2.55. The van der Waals surface area contributed by atoms with Crippen LogP contribution in [0, 0.1) is 0 Å². The van der Waals surface area contributed by atoms with Gasteiger partial charge in [0.2, 0.25) is 0 Å². The maximum atomic E-state index is 7.43. The number of hydrogen-bond donors (Lipinski definition) is 0. The summed E-state index contributed by atoms with van der Waals surface area (Å²) >= 11 is 7.43. The second-order valence-electron chi connectivity index (χ2n) is 25.9.